The van der Waals surface area contributed by atoms with Crippen molar-refractivity contribution in [2.24, 2.45) is 0 Å². The summed E-state index contributed by atoms with van der Waals surface area (Å²) in [5, 5.41) is 0. The number of ether oxygens (including phenoxy) is 3. The highest BCUT2D eigenvalue weighted by Crippen LogP contribution is 2.34. The molecule has 0 atom stereocenters. The van der Waals surface area contributed by atoms with E-state index in [2.05, 4.69) is 4.74 Å². The van der Waals surface area contributed by atoms with Crippen LogP contribution in [0.2, 0.25) is 0 Å². The number of amides is 1. The lowest BCUT2D eigenvalue weighted by molar-refractivity contribution is -0.274. The Morgan fingerprint density at radius 2 is 1.72 bits per heavy atom. The van der Waals surface area contributed by atoms with Crippen molar-refractivity contribution in [2.45, 2.75) is 44.6 Å². The smallest absolute Gasteiger partial charge is 0.454 e. The van der Waals surface area contributed by atoms with Gasteiger partial charge in [-0.25, -0.2) is 0 Å². The third kappa shape index (κ3) is 4.58. The molecule has 4 rings (SSSR count). The zero-order valence-corrected chi connectivity index (χ0v) is 15.6. The molecule has 0 aromatic heterocycles. The third-order valence-corrected chi connectivity index (χ3v) is 5.15. The molecular weight excluding hydrogens is 387 g/mol. The molecule has 0 spiro atoms. The van der Waals surface area contributed by atoms with E-state index >= 15 is 0 Å². The predicted molar refractivity (Wildman–Crippen MR) is 97.8 cm³/mol. The van der Waals surface area contributed by atoms with Gasteiger partial charge in [0.1, 0.15) is 5.75 Å². The Hall–Kier alpha value is -2.90. The molecule has 1 aliphatic heterocycles. The number of benzene rings is 2. The summed E-state index contributed by atoms with van der Waals surface area (Å²) in [7, 11) is 0. The molecule has 1 aliphatic carbocycles. The topological polar surface area (TPSA) is 48.0 Å². The molecule has 2 aromatic carbocycles. The van der Waals surface area contributed by atoms with Crippen LogP contribution in [-0.4, -0.2) is 30.0 Å². The summed E-state index contributed by atoms with van der Waals surface area (Å²) < 4.78 is 51.7. The molecule has 1 amide bonds. The van der Waals surface area contributed by atoms with Crippen LogP contribution in [0.4, 0.5) is 13.2 Å². The van der Waals surface area contributed by atoms with Crippen LogP contribution in [0.1, 0.15) is 41.6 Å². The highest BCUT2D eigenvalue weighted by molar-refractivity contribution is 5.94. The molecule has 2 aromatic rings. The van der Waals surface area contributed by atoms with Crippen LogP contribution in [0.5, 0.6) is 17.2 Å². The molecule has 0 N–H and O–H groups in total. The quantitative estimate of drug-likeness (QED) is 0.708. The molecule has 8 heteroatoms. The minimum atomic E-state index is -4.76. The molecule has 1 heterocycles. The second kappa shape index (κ2) is 7.85. The molecule has 0 saturated heterocycles. The van der Waals surface area contributed by atoms with Crippen molar-refractivity contribution in [1.29, 1.82) is 0 Å². The number of hydrogen-bond donors (Lipinski definition) is 0. The SMILES string of the molecule is O=C(c1ccc(OC(F)(F)F)cc1)N(Cc1ccc2c(c1)OCO2)C1CCCC1. The zero-order chi connectivity index (χ0) is 20.4. The fourth-order valence-corrected chi connectivity index (χ4v) is 3.78. The summed E-state index contributed by atoms with van der Waals surface area (Å²) in [4.78, 5) is 15.0. The van der Waals surface area contributed by atoms with Crippen molar-refractivity contribution < 1.29 is 32.2 Å². The monoisotopic (exact) mass is 407 g/mol. The van der Waals surface area contributed by atoms with E-state index in [0.717, 1.165) is 43.4 Å². The molecular formula is C21H20F3NO4. The van der Waals surface area contributed by atoms with Crippen LogP contribution in [-0.2, 0) is 6.54 Å². The number of hydrogen-bond acceptors (Lipinski definition) is 4. The molecule has 0 bridgehead atoms. The van der Waals surface area contributed by atoms with E-state index in [1.54, 1.807) is 4.90 Å². The largest absolute Gasteiger partial charge is 0.573 e. The molecule has 29 heavy (non-hydrogen) atoms. The van der Waals surface area contributed by atoms with E-state index in [1.165, 1.54) is 12.1 Å². The van der Waals surface area contributed by atoms with Crippen LogP contribution in [0.25, 0.3) is 0 Å². The number of alkyl halides is 3. The zero-order valence-electron chi connectivity index (χ0n) is 15.6. The molecule has 5 nitrogen and oxygen atoms in total. The van der Waals surface area contributed by atoms with E-state index in [9.17, 15) is 18.0 Å². The van der Waals surface area contributed by atoms with Crippen molar-refractivity contribution in [3.8, 4) is 17.2 Å². The first-order valence-electron chi connectivity index (χ1n) is 9.44. The van der Waals surface area contributed by atoms with Gasteiger partial charge in [-0.05, 0) is 54.8 Å². The fourth-order valence-electron chi connectivity index (χ4n) is 3.78. The van der Waals surface area contributed by atoms with E-state index in [0.29, 0.717) is 23.6 Å². The number of nitrogens with zero attached hydrogens (tertiary/aromatic N) is 1. The average molecular weight is 407 g/mol. The number of carbonyl (C=O) groups is 1. The summed E-state index contributed by atoms with van der Waals surface area (Å²) in [6.45, 7) is 0.567. The number of rotatable bonds is 5. The van der Waals surface area contributed by atoms with E-state index in [1.807, 2.05) is 18.2 Å². The maximum Gasteiger partial charge on any atom is 0.573 e. The van der Waals surface area contributed by atoms with Gasteiger partial charge in [-0.3, -0.25) is 4.79 Å². The average Bonchev–Trinajstić information content (AvgIpc) is 3.36. The lowest BCUT2D eigenvalue weighted by atomic mass is 10.1. The van der Waals surface area contributed by atoms with E-state index < -0.39 is 6.36 Å². The van der Waals surface area contributed by atoms with Gasteiger partial charge in [0.15, 0.2) is 11.5 Å². The molecule has 0 radical (unpaired) electrons. The summed E-state index contributed by atoms with van der Waals surface area (Å²) in [6.07, 6.45) is -0.847. The summed E-state index contributed by atoms with van der Waals surface area (Å²) in [5.41, 5.74) is 1.23. The van der Waals surface area contributed by atoms with Gasteiger partial charge in [0.25, 0.3) is 5.91 Å². The molecule has 154 valence electrons. The Kier molecular flexibility index (Phi) is 5.25. The lowest BCUT2D eigenvalue weighted by Crippen LogP contribution is -2.38. The molecule has 2 aliphatic rings. The maximum absolute atomic E-state index is 13.2. The first-order valence-corrected chi connectivity index (χ1v) is 9.44. The predicted octanol–water partition coefficient (Wildman–Crippen LogP) is 4.90. The third-order valence-electron chi connectivity index (χ3n) is 5.15. The Balaban J connectivity index is 1.54. The van der Waals surface area contributed by atoms with E-state index in [-0.39, 0.29) is 24.5 Å². The number of halogens is 3. The van der Waals surface area contributed by atoms with Crippen molar-refractivity contribution in [2.75, 3.05) is 6.79 Å². The van der Waals surface area contributed by atoms with E-state index in [4.69, 9.17) is 9.47 Å². The van der Waals surface area contributed by atoms with Crippen LogP contribution in [0.15, 0.2) is 42.5 Å². The van der Waals surface area contributed by atoms with Crippen LogP contribution >= 0.6 is 0 Å². The summed E-state index contributed by atoms with van der Waals surface area (Å²) >= 11 is 0. The Morgan fingerprint density at radius 3 is 2.41 bits per heavy atom. The molecule has 0 unspecified atom stereocenters. The minimum absolute atomic E-state index is 0.0963. The lowest BCUT2D eigenvalue weighted by Gasteiger charge is -2.29. The Morgan fingerprint density at radius 1 is 1.03 bits per heavy atom. The summed E-state index contributed by atoms with van der Waals surface area (Å²) in [5.74, 6) is 0.757. The Bertz CT molecular complexity index is 876. The van der Waals surface area contributed by atoms with Gasteiger partial charge < -0.3 is 19.1 Å². The fraction of sp³-hybridized carbons (Fsp3) is 0.381. The molecule has 1 fully saturated rings. The van der Waals surface area contributed by atoms with Crippen LogP contribution in [0.3, 0.4) is 0 Å². The molecule has 1 saturated carbocycles. The van der Waals surface area contributed by atoms with Gasteiger partial charge in [0.2, 0.25) is 6.79 Å². The standard InChI is InChI=1S/C21H20F3NO4/c22-21(23,24)29-17-8-6-15(7-9-17)20(26)25(16-3-1-2-4-16)12-14-5-10-18-19(11-14)28-13-27-18/h5-11,16H,1-4,12-13H2. The normalized spacial score (nSPS) is 16.1. The van der Waals surface area contributed by atoms with Crippen molar-refractivity contribution in [3.05, 3.63) is 53.6 Å². The van der Waals surface area contributed by atoms with Gasteiger partial charge in [0, 0.05) is 18.2 Å². The second-order valence-corrected chi connectivity index (χ2v) is 7.13. The second-order valence-electron chi connectivity index (χ2n) is 7.13. The Labute approximate surface area is 166 Å². The van der Waals surface area contributed by atoms with Crippen molar-refractivity contribution >= 4 is 5.91 Å². The highest BCUT2D eigenvalue weighted by Gasteiger charge is 2.32. The van der Waals surface area contributed by atoms with Crippen molar-refractivity contribution in [3.63, 3.8) is 0 Å². The van der Waals surface area contributed by atoms with Gasteiger partial charge in [-0.1, -0.05) is 18.9 Å². The number of fused-ring (bicyclic) bond motifs is 1. The number of carbonyl (C=O) groups excluding carboxylic acids is 1. The first kappa shape index (κ1) is 19.4. The summed E-state index contributed by atoms with van der Waals surface area (Å²) in [6, 6.07) is 10.7. The van der Waals surface area contributed by atoms with Crippen LogP contribution < -0.4 is 14.2 Å². The van der Waals surface area contributed by atoms with Crippen molar-refractivity contribution in [1.82, 2.24) is 4.90 Å². The van der Waals surface area contributed by atoms with Gasteiger partial charge in [0.05, 0.1) is 0 Å². The minimum Gasteiger partial charge on any atom is -0.454 e. The first-order chi connectivity index (χ1) is 13.9. The highest BCUT2D eigenvalue weighted by atomic mass is 19.4. The maximum atomic E-state index is 13.2. The van der Waals surface area contributed by atoms with Gasteiger partial charge in [-0.15, -0.1) is 13.2 Å². The van der Waals surface area contributed by atoms with Crippen LogP contribution in [0, 0.1) is 0 Å². The van der Waals surface area contributed by atoms with Gasteiger partial charge in [-0.2, -0.15) is 0 Å². The van der Waals surface area contributed by atoms with Gasteiger partial charge >= 0.3 is 6.36 Å².